The second-order valence-electron chi connectivity index (χ2n) is 5.60. The number of hydrogen-bond acceptors (Lipinski definition) is 3. The van der Waals surface area contributed by atoms with E-state index in [0.717, 1.165) is 29.9 Å². The highest BCUT2D eigenvalue weighted by Crippen LogP contribution is 2.24. The maximum absolute atomic E-state index is 12.2. The third-order valence-corrected chi connectivity index (χ3v) is 3.67. The standard InChI is InChI=1S/C19H21NO3/c1-2-22-18-11-8-14(19(21)20-16-9-10-16)12-15(18)13-23-17-6-4-3-5-7-17/h3-8,11-12,16H,2,9-10,13H2,1H3,(H,20,21). The maximum atomic E-state index is 12.2. The highest BCUT2D eigenvalue weighted by molar-refractivity contribution is 5.95. The molecule has 0 spiro atoms. The molecule has 0 aromatic heterocycles. The van der Waals surface area contributed by atoms with Crippen molar-refractivity contribution in [1.29, 1.82) is 0 Å². The van der Waals surface area contributed by atoms with Crippen molar-refractivity contribution in [3.05, 3.63) is 59.7 Å². The van der Waals surface area contributed by atoms with Crippen LogP contribution in [0.3, 0.4) is 0 Å². The van der Waals surface area contributed by atoms with E-state index >= 15 is 0 Å². The molecule has 1 fully saturated rings. The molecule has 0 unspecified atom stereocenters. The molecule has 3 rings (SSSR count). The highest BCUT2D eigenvalue weighted by Gasteiger charge is 2.24. The van der Waals surface area contributed by atoms with E-state index in [4.69, 9.17) is 9.47 Å². The molecular weight excluding hydrogens is 290 g/mol. The molecule has 2 aromatic rings. The fraction of sp³-hybridized carbons (Fsp3) is 0.316. The number of carbonyl (C=O) groups is 1. The first-order chi connectivity index (χ1) is 11.3. The molecule has 0 radical (unpaired) electrons. The molecule has 1 aliphatic rings. The molecule has 120 valence electrons. The van der Waals surface area contributed by atoms with Crippen molar-refractivity contribution in [1.82, 2.24) is 5.32 Å². The van der Waals surface area contributed by atoms with Gasteiger partial charge in [-0.25, -0.2) is 0 Å². The first kappa shape index (κ1) is 15.4. The Kier molecular flexibility index (Phi) is 4.81. The summed E-state index contributed by atoms with van der Waals surface area (Å²) in [4.78, 5) is 12.2. The zero-order valence-corrected chi connectivity index (χ0v) is 13.2. The number of amides is 1. The lowest BCUT2D eigenvalue weighted by Crippen LogP contribution is -2.25. The fourth-order valence-corrected chi connectivity index (χ4v) is 2.30. The Morgan fingerprint density at radius 1 is 1.13 bits per heavy atom. The van der Waals surface area contributed by atoms with E-state index in [2.05, 4.69) is 5.32 Å². The Hall–Kier alpha value is -2.49. The molecule has 23 heavy (non-hydrogen) atoms. The van der Waals surface area contributed by atoms with Gasteiger partial charge in [-0.2, -0.15) is 0 Å². The Bertz CT molecular complexity index is 666. The van der Waals surface area contributed by atoms with Crippen molar-refractivity contribution in [2.24, 2.45) is 0 Å². The molecule has 1 saturated carbocycles. The molecular formula is C19H21NO3. The summed E-state index contributed by atoms with van der Waals surface area (Å²) < 4.78 is 11.4. The fourth-order valence-electron chi connectivity index (χ4n) is 2.30. The van der Waals surface area contributed by atoms with Gasteiger partial charge in [0.2, 0.25) is 0 Å². The number of nitrogens with one attached hydrogen (secondary N) is 1. The molecule has 2 aromatic carbocycles. The Morgan fingerprint density at radius 3 is 2.61 bits per heavy atom. The van der Waals surface area contributed by atoms with Crippen molar-refractivity contribution >= 4 is 5.91 Å². The second-order valence-corrected chi connectivity index (χ2v) is 5.60. The largest absolute Gasteiger partial charge is 0.493 e. The van der Waals surface area contributed by atoms with Crippen molar-refractivity contribution < 1.29 is 14.3 Å². The van der Waals surface area contributed by atoms with Crippen LogP contribution in [-0.4, -0.2) is 18.6 Å². The molecule has 0 bridgehead atoms. The average molecular weight is 311 g/mol. The van der Waals surface area contributed by atoms with Crippen LogP contribution in [0.15, 0.2) is 48.5 Å². The topological polar surface area (TPSA) is 47.6 Å². The molecule has 0 aliphatic heterocycles. The van der Waals surface area contributed by atoms with Gasteiger partial charge in [-0.1, -0.05) is 18.2 Å². The van der Waals surface area contributed by atoms with Gasteiger partial charge in [0.25, 0.3) is 5.91 Å². The first-order valence-corrected chi connectivity index (χ1v) is 8.00. The monoisotopic (exact) mass is 311 g/mol. The second kappa shape index (κ2) is 7.18. The summed E-state index contributed by atoms with van der Waals surface area (Å²) in [6, 6.07) is 15.5. The lowest BCUT2D eigenvalue weighted by atomic mass is 10.1. The molecule has 0 heterocycles. The SMILES string of the molecule is CCOc1ccc(C(=O)NC2CC2)cc1COc1ccccc1. The van der Waals surface area contributed by atoms with E-state index in [1.807, 2.05) is 49.4 Å². The Labute approximate surface area is 136 Å². The Balaban J connectivity index is 1.75. The zero-order chi connectivity index (χ0) is 16.1. The van der Waals surface area contributed by atoms with Gasteiger partial charge in [0.1, 0.15) is 18.1 Å². The predicted molar refractivity (Wildman–Crippen MR) is 88.9 cm³/mol. The summed E-state index contributed by atoms with van der Waals surface area (Å²) >= 11 is 0. The van der Waals surface area contributed by atoms with Crippen molar-refractivity contribution in [2.75, 3.05) is 6.61 Å². The van der Waals surface area contributed by atoms with Gasteiger partial charge in [0.15, 0.2) is 0 Å². The van der Waals surface area contributed by atoms with Gasteiger partial charge in [0, 0.05) is 17.2 Å². The van der Waals surface area contributed by atoms with Crippen LogP contribution >= 0.6 is 0 Å². The average Bonchev–Trinajstić information content (AvgIpc) is 3.39. The number of hydrogen-bond donors (Lipinski definition) is 1. The van der Waals surface area contributed by atoms with Crippen LogP contribution in [0.5, 0.6) is 11.5 Å². The van der Waals surface area contributed by atoms with Gasteiger partial charge in [-0.05, 0) is 50.1 Å². The van der Waals surface area contributed by atoms with Gasteiger partial charge in [-0.3, -0.25) is 4.79 Å². The summed E-state index contributed by atoms with van der Waals surface area (Å²) in [7, 11) is 0. The minimum Gasteiger partial charge on any atom is -0.493 e. The third kappa shape index (κ3) is 4.25. The normalized spacial score (nSPS) is 13.4. The molecule has 1 amide bonds. The van der Waals surface area contributed by atoms with Crippen LogP contribution in [0, 0.1) is 0 Å². The van der Waals surface area contributed by atoms with E-state index in [-0.39, 0.29) is 5.91 Å². The van der Waals surface area contributed by atoms with E-state index in [1.54, 1.807) is 6.07 Å². The third-order valence-electron chi connectivity index (χ3n) is 3.67. The molecule has 0 atom stereocenters. The van der Waals surface area contributed by atoms with Crippen LogP contribution in [0.1, 0.15) is 35.7 Å². The number of rotatable bonds is 7. The summed E-state index contributed by atoms with van der Waals surface area (Å²) in [5.74, 6) is 1.52. The zero-order valence-electron chi connectivity index (χ0n) is 13.2. The summed E-state index contributed by atoms with van der Waals surface area (Å²) in [5.41, 5.74) is 1.52. The molecule has 1 N–H and O–H groups in total. The number of benzene rings is 2. The predicted octanol–water partition coefficient (Wildman–Crippen LogP) is 3.56. The summed E-state index contributed by atoms with van der Waals surface area (Å²) in [5, 5.41) is 3.00. The van der Waals surface area contributed by atoms with Crippen molar-refractivity contribution in [3.63, 3.8) is 0 Å². The molecule has 1 aliphatic carbocycles. The van der Waals surface area contributed by atoms with Crippen molar-refractivity contribution in [2.45, 2.75) is 32.4 Å². The minimum absolute atomic E-state index is 0.0310. The summed E-state index contributed by atoms with van der Waals surface area (Å²) in [6.07, 6.45) is 2.15. The van der Waals surface area contributed by atoms with Crippen molar-refractivity contribution in [3.8, 4) is 11.5 Å². The first-order valence-electron chi connectivity index (χ1n) is 8.00. The number of ether oxygens (including phenoxy) is 2. The van der Waals surface area contributed by atoms with E-state index < -0.39 is 0 Å². The number of carbonyl (C=O) groups excluding carboxylic acids is 1. The maximum Gasteiger partial charge on any atom is 0.251 e. The smallest absolute Gasteiger partial charge is 0.251 e. The molecule has 0 saturated heterocycles. The van der Waals surface area contributed by atoms with Crippen LogP contribution < -0.4 is 14.8 Å². The lowest BCUT2D eigenvalue weighted by molar-refractivity contribution is 0.0951. The quantitative estimate of drug-likeness (QED) is 0.850. The van der Waals surface area contributed by atoms with E-state index in [9.17, 15) is 4.79 Å². The van der Waals surface area contributed by atoms with Gasteiger partial charge in [0.05, 0.1) is 6.61 Å². The summed E-state index contributed by atoms with van der Waals surface area (Å²) in [6.45, 7) is 2.88. The Morgan fingerprint density at radius 2 is 1.91 bits per heavy atom. The van der Waals surface area contributed by atoms with Gasteiger partial charge < -0.3 is 14.8 Å². The van der Waals surface area contributed by atoms with Crippen LogP contribution in [0.2, 0.25) is 0 Å². The van der Waals surface area contributed by atoms with Crippen LogP contribution in [0.25, 0.3) is 0 Å². The van der Waals surface area contributed by atoms with E-state index in [1.165, 1.54) is 0 Å². The van der Waals surface area contributed by atoms with Crippen LogP contribution in [0.4, 0.5) is 0 Å². The minimum atomic E-state index is -0.0310. The number of para-hydroxylation sites is 1. The van der Waals surface area contributed by atoms with Gasteiger partial charge in [-0.15, -0.1) is 0 Å². The highest BCUT2D eigenvalue weighted by atomic mass is 16.5. The van der Waals surface area contributed by atoms with E-state index in [0.29, 0.717) is 24.8 Å². The molecule has 4 nitrogen and oxygen atoms in total. The van der Waals surface area contributed by atoms with Gasteiger partial charge >= 0.3 is 0 Å². The lowest BCUT2D eigenvalue weighted by Gasteiger charge is -2.13. The van der Waals surface area contributed by atoms with Crippen LogP contribution in [-0.2, 0) is 6.61 Å². The molecule has 4 heteroatoms.